The Morgan fingerprint density at radius 2 is 1.59 bits per heavy atom. The molecular weight excluding hydrogens is 236 g/mol. The van der Waals surface area contributed by atoms with Gasteiger partial charge in [-0.1, -0.05) is 33.6 Å². The molecule has 0 rings (SSSR count). The summed E-state index contributed by atoms with van der Waals surface area (Å²) in [6, 6.07) is 0. The van der Waals surface area contributed by atoms with E-state index >= 15 is 0 Å². The summed E-state index contributed by atoms with van der Waals surface area (Å²) in [7, 11) is -2.92. The number of Topliss-reactive ketones (excluding diaryl/α,β-unsaturated/α-hetero) is 1. The van der Waals surface area contributed by atoms with Crippen molar-refractivity contribution in [2.75, 3.05) is 11.5 Å². The highest BCUT2D eigenvalue weighted by Crippen LogP contribution is 2.17. The molecule has 0 radical (unpaired) electrons. The van der Waals surface area contributed by atoms with Crippen molar-refractivity contribution in [1.82, 2.24) is 0 Å². The van der Waals surface area contributed by atoms with E-state index in [0.29, 0.717) is 12.8 Å². The predicted molar refractivity (Wildman–Crippen MR) is 71.9 cm³/mol. The summed E-state index contributed by atoms with van der Waals surface area (Å²) in [5.41, 5.74) is 0. The van der Waals surface area contributed by atoms with Gasteiger partial charge in [-0.15, -0.1) is 0 Å². The average Bonchev–Trinajstić information content (AvgIpc) is 2.28. The van der Waals surface area contributed by atoms with E-state index in [4.69, 9.17) is 0 Å². The van der Waals surface area contributed by atoms with Crippen LogP contribution in [0.25, 0.3) is 0 Å². The Kier molecular flexibility index (Phi) is 8.48. The minimum absolute atomic E-state index is 0.148. The smallest absolute Gasteiger partial charge is 0.150 e. The second-order valence-corrected chi connectivity index (χ2v) is 7.05. The fourth-order valence-corrected chi connectivity index (χ4v) is 2.85. The first-order valence-corrected chi connectivity index (χ1v) is 8.52. The van der Waals surface area contributed by atoms with Crippen LogP contribution in [0.4, 0.5) is 0 Å². The van der Waals surface area contributed by atoms with Crippen molar-refractivity contribution < 1.29 is 13.2 Å². The van der Waals surface area contributed by atoms with Gasteiger partial charge in [0.15, 0.2) is 0 Å². The van der Waals surface area contributed by atoms with E-state index < -0.39 is 9.84 Å². The summed E-state index contributed by atoms with van der Waals surface area (Å²) in [6.07, 6.45) is 4.82. The fourth-order valence-electron chi connectivity index (χ4n) is 1.98. The van der Waals surface area contributed by atoms with E-state index in [1.54, 1.807) is 6.92 Å². The Morgan fingerprint density at radius 3 is 2.00 bits per heavy atom. The molecule has 0 aliphatic rings. The van der Waals surface area contributed by atoms with Crippen LogP contribution in [0.2, 0.25) is 0 Å². The van der Waals surface area contributed by atoms with Crippen molar-refractivity contribution in [3.05, 3.63) is 0 Å². The van der Waals surface area contributed by atoms with Gasteiger partial charge in [0.05, 0.1) is 5.75 Å². The van der Waals surface area contributed by atoms with Gasteiger partial charge in [-0.05, 0) is 19.3 Å². The lowest BCUT2D eigenvalue weighted by Gasteiger charge is -2.13. The molecule has 0 spiro atoms. The second-order valence-electron chi connectivity index (χ2n) is 4.58. The third-order valence-corrected chi connectivity index (χ3v) is 4.84. The largest absolute Gasteiger partial charge is 0.299 e. The zero-order valence-electron chi connectivity index (χ0n) is 11.4. The molecule has 0 fully saturated rings. The molecule has 0 saturated carbocycles. The Balaban J connectivity index is 4.06. The lowest BCUT2D eigenvalue weighted by Crippen LogP contribution is -2.16. The molecule has 0 aliphatic carbocycles. The molecule has 0 saturated heterocycles. The van der Waals surface area contributed by atoms with Gasteiger partial charge in [-0.25, -0.2) is 8.42 Å². The molecule has 0 atom stereocenters. The van der Waals surface area contributed by atoms with Crippen LogP contribution in [0.3, 0.4) is 0 Å². The SMILES string of the molecule is CCCC(CCC)C(=O)CCCS(=O)(=O)CC. The first-order valence-electron chi connectivity index (χ1n) is 6.69. The van der Waals surface area contributed by atoms with Gasteiger partial charge >= 0.3 is 0 Å². The number of sulfone groups is 1. The van der Waals surface area contributed by atoms with Crippen LogP contribution < -0.4 is 0 Å². The molecule has 0 aliphatic heterocycles. The van der Waals surface area contributed by atoms with Gasteiger partial charge in [-0.3, -0.25) is 4.79 Å². The van der Waals surface area contributed by atoms with Crippen LogP contribution in [0.1, 0.15) is 59.3 Å². The summed E-state index contributed by atoms with van der Waals surface area (Å²) in [5.74, 6) is 0.726. The zero-order valence-corrected chi connectivity index (χ0v) is 12.2. The van der Waals surface area contributed by atoms with Crippen LogP contribution >= 0.6 is 0 Å². The molecule has 3 nitrogen and oxygen atoms in total. The van der Waals surface area contributed by atoms with Crippen molar-refractivity contribution >= 4 is 15.6 Å². The number of rotatable bonds is 10. The number of hydrogen-bond acceptors (Lipinski definition) is 3. The lowest BCUT2D eigenvalue weighted by atomic mass is 9.91. The molecule has 102 valence electrons. The quantitative estimate of drug-likeness (QED) is 0.608. The van der Waals surface area contributed by atoms with Gasteiger partial charge in [0, 0.05) is 18.1 Å². The van der Waals surface area contributed by atoms with Crippen molar-refractivity contribution in [3.8, 4) is 0 Å². The maximum Gasteiger partial charge on any atom is 0.150 e. The fraction of sp³-hybridized carbons (Fsp3) is 0.923. The molecule has 0 aromatic rings. The van der Waals surface area contributed by atoms with Crippen molar-refractivity contribution in [2.24, 2.45) is 5.92 Å². The van der Waals surface area contributed by atoms with Gasteiger partial charge in [-0.2, -0.15) is 0 Å². The molecule has 0 aromatic carbocycles. The number of carbonyl (C=O) groups is 1. The van der Waals surface area contributed by atoms with E-state index in [2.05, 4.69) is 13.8 Å². The number of hydrogen-bond donors (Lipinski definition) is 0. The van der Waals surface area contributed by atoms with Gasteiger partial charge in [0.25, 0.3) is 0 Å². The minimum atomic E-state index is -2.92. The molecule has 0 heterocycles. The summed E-state index contributed by atoms with van der Waals surface area (Å²) >= 11 is 0. The van der Waals surface area contributed by atoms with Crippen LogP contribution in [0.15, 0.2) is 0 Å². The van der Waals surface area contributed by atoms with Crippen LogP contribution in [0.5, 0.6) is 0 Å². The number of ketones is 1. The Hall–Kier alpha value is -0.380. The van der Waals surface area contributed by atoms with Crippen LogP contribution in [0, 0.1) is 5.92 Å². The van der Waals surface area contributed by atoms with Crippen molar-refractivity contribution in [1.29, 1.82) is 0 Å². The van der Waals surface area contributed by atoms with Gasteiger partial charge in [0.2, 0.25) is 0 Å². The molecule has 0 amide bonds. The van der Waals surface area contributed by atoms with Gasteiger partial charge < -0.3 is 0 Å². The van der Waals surface area contributed by atoms with Crippen molar-refractivity contribution in [3.63, 3.8) is 0 Å². The predicted octanol–water partition coefficient (Wildman–Crippen LogP) is 2.99. The highest BCUT2D eigenvalue weighted by atomic mass is 32.2. The van der Waals surface area contributed by atoms with Gasteiger partial charge in [0.1, 0.15) is 15.6 Å². The van der Waals surface area contributed by atoms with E-state index in [0.717, 1.165) is 25.7 Å². The molecule has 0 N–H and O–H groups in total. The van der Waals surface area contributed by atoms with Crippen molar-refractivity contribution in [2.45, 2.75) is 59.3 Å². The normalized spacial score (nSPS) is 12.0. The third kappa shape index (κ3) is 7.53. The monoisotopic (exact) mass is 262 g/mol. The van der Waals surface area contributed by atoms with Crippen LogP contribution in [-0.2, 0) is 14.6 Å². The number of carbonyl (C=O) groups excluding carboxylic acids is 1. The third-order valence-electron chi connectivity index (χ3n) is 3.05. The first kappa shape index (κ1) is 16.6. The molecule has 0 unspecified atom stereocenters. The standard InChI is InChI=1S/C13H26O3S/c1-4-8-12(9-5-2)13(14)10-7-11-17(15,16)6-3/h12H,4-11H2,1-3H3. The second kappa shape index (κ2) is 8.67. The van der Waals surface area contributed by atoms with Crippen LogP contribution in [-0.4, -0.2) is 25.7 Å². The maximum atomic E-state index is 11.9. The van der Waals surface area contributed by atoms with E-state index in [9.17, 15) is 13.2 Å². The first-order chi connectivity index (χ1) is 7.96. The van der Waals surface area contributed by atoms with E-state index in [1.165, 1.54) is 0 Å². The highest BCUT2D eigenvalue weighted by molar-refractivity contribution is 7.91. The Bertz CT molecular complexity index is 301. The summed E-state index contributed by atoms with van der Waals surface area (Å²) in [4.78, 5) is 11.9. The Labute approximate surface area is 106 Å². The summed E-state index contributed by atoms with van der Waals surface area (Å²) < 4.78 is 22.6. The molecule has 0 bridgehead atoms. The lowest BCUT2D eigenvalue weighted by molar-refractivity contribution is -0.123. The topological polar surface area (TPSA) is 51.2 Å². The molecular formula is C13H26O3S. The molecule has 17 heavy (non-hydrogen) atoms. The molecule has 4 heteroatoms. The molecule has 0 aromatic heterocycles. The zero-order chi connectivity index (χ0) is 13.3. The average molecular weight is 262 g/mol. The highest BCUT2D eigenvalue weighted by Gasteiger charge is 2.17. The Morgan fingerprint density at radius 1 is 1.06 bits per heavy atom. The summed E-state index contributed by atoms with van der Waals surface area (Å²) in [5, 5.41) is 0. The minimum Gasteiger partial charge on any atom is -0.299 e. The van der Waals surface area contributed by atoms with E-state index in [-0.39, 0.29) is 23.2 Å². The summed E-state index contributed by atoms with van der Waals surface area (Å²) in [6.45, 7) is 5.81. The maximum absolute atomic E-state index is 11.9. The van der Waals surface area contributed by atoms with E-state index in [1.807, 2.05) is 0 Å².